The fraction of sp³-hybridized carbons (Fsp3) is 0.917. The van der Waals surface area contributed by atoms with Gasteiger partial charge in [0, 0.05) is 19.7 Å². The fourth-order valence-electron chi connectivity index (χ4n) is 2.52. The first-order chi connectivity index (χ1) is 7.72. The van der Waals surface area contributed by atoms with E-state index in [2.05, 4.69) is 10.3 Å². The largest absolute Gasteiger partial charge is 0.396 e. The highest BCUT2D eigenvalue weighted by atomic mass is 127. The molecule has 0 amide bonds. The molecule has 17 heavy (non-hydrogen) atoms. The minimum Gasteiger partial charge on any atom is -0.396 e. The molecule has 0 atom stereocenters. The summed E-state index contributed by atoms with van der Waals surface area (Å²) in [6.07, 6.45) is 7.05. The molecule has 0 bridgehead atoms. The summed E-state index contributed by atoms with van der Waals surface area (Å²) < 4.78 is 0. The number of nitrogens with zero attached hydrogens (tertiary/aromatic N) is 1. The van der Waals surface area contributed by atoms with Crippen LogP contribution in [0.1, 0.15) is 45.4 Å². The third-order valence-corrected chi connectivity index (χ3v) is 3.50. The van der Waals surface area contributed by atoms with Crippen molar-refractivity contribution < 1.29 is 5.11 Å². The summed E-state index contributed by atoms with van der Waals surface area (Å²) in [4.78, 5) is 4.40. The van der Waals surface area contributed by atoms with Crippen molar-refractivity contribution in [1.82, 2.24) is 5.32 Å². The highest BCUT2D eigenvalue weighted by molar-refractivity contribution is 14.0. The monoisotopic (exact) mass is 355 g/mol. The van der Waals surface area contributed by atoms with Crippen molar-refractivity contribution in [1.29, 1.82) is 0 Å². The van der Waals surface area contributed by atoms with Crippen LogP contribution in [0.15, 0.2) is 4.99 Å². The Kier molecular flexibility index (Phi) is 8.94. The first kappa shape index (κ1) is 17.0. The number of aliphatic imine (C=N–C) groups is 1. The Morgan fingerprint density at radius 2 is 2.00 bits per heavy atom. The SMILES string of the molecule is CCNC(N)=NCC1(CCO)CCCCC1.I. The molecule has 1 saturated carbocycles. The average molecular weight is 355 g/mol. The molecule has 0 aromatic rings. The summed E-state index contributed by atoms with van der Waals surface area (Å²) in [6.45, 7) is 3.83. The van der Waals surface area contributed by atoms with E-state index in [0.717, 1.165) is 19.5 Å². The Morgan fingerprint density at radius 3 is 2.53 bits per heavy atom. The molecule has 0 heterocycles. The van der Waals surface area contributed by atoms with Crippen molar-refractivity contribution in [3.05, 3.63) is 0 Å². The minimum atomic E-state index is 0. The van der Waals surface area contributed by atoms with Gasteiger partial charge in [0.15, 0.2) is 5.96 Å². The van der Waals surface area contributed by atoms with Gasteiger partial charge < -0.3 is 16.2 Å². The number of aliphatic hydroxyl groups excluding tert-OH is 1. The van der Waals surface area contributed by atoms with Crippen molar-refractivity contribution in [2.75, 3.05) is 19.7 Å². The summed E-state index contributed by atoms with van der Waals surface area (Å²) in [5, 5.41) is 12.2. The third-order valence-electron chi connectivity index (χ3n) is 3.50. The topological polar surface area (TPSA) is 70.6 Å². The number of hydrogen-bond acceptors (Lipinski definition) is 2. The van der Waals surface area contributed by atoms with Gasteiger partial charge in [0.2, 0.25) is 0 Å². The lowest BCUT2D eigenvalue weighted by Crippen LogP contribution is -2.35. The minimum absolute atomic E-state index is 0. The van der Waals surface area contributed by atoms with Gasteiger partial charge in [-0.1, -0.05) is 19.3 Å². The van der Waals surface area contributed by atoms with E-state index in [1.807, 2.05) is 6.92 Å². The van der Waals surface area contributed by atoms with E-state index < -0.39 is 0 Å². The zero-order valence-electron chi connectivity index (χ0n) is 10.7. The molecular weight excluding hydrogens is 329 g/mol. The number of rotatable bonds is 5. The lowest BCUT2D eigenvalue weighted by Gasteiger charge is -2.35. The zero-order valence-corrected chi connectivity index (χ0v) is 13.1. The van der Waals surface area contributed by atoms with Gasteiger partial charge >= 0.3 is 0 Å². The number of aliphatic hydroxyl groups is 1. The molecule has 0 aromatic carbocycles. The highest BCUT2D eigenvalue weighted by Gasteiger charge is 2.31. The van der Waals surface area contributed by atoms with Crippen LogP contribution in [0.4, 0.5) is 0 Å². The highest BCUT2D eigenvalue weighted by Crippen LogP contribution is 2.39. The quantitative estimate of drug-likeness (QED) is 0.401. The van der Waals surface area contributed by atoms with Crippen LogP contribution < -0.4 is 11.1 Å². The Balaban J connectivity index is 0.00000256. The van der Waals surface area contributed by atoms with Crippen molar-refractivity contribution in [3.8, 4) is 0 Å². The van der Waals surface area contributed by atoms with Crippen LogP contribution in [0.2, 0.25) is 0 Å². The molecule has 1 rings (SSSR count). The molecule has 102 valence electrons. The molecule has 0 spiro atoms. The molecule has 1 aliphatic rings. The van der Waals surface area contributed by atoms with Crippen LogP contribution in [0.5, 0.6) is 0 Å². The number of hydrogen-bond donors (Lipinski definition) is 3. The molecule has 0 radical (unpaired) electrons. The Bertz CT molecular complexity index is 222. The van der Waals surface area contributed by atoms with Crippen LogP contribution >= 0.6 is 24.0 Å². The molecule has 5 heteroatoms. The van der Waals surface area contributed by atoms with Gasteiger partial charge in [-0.3, -0.25) is 4.99 Å². The second-order valence-electron chi connectivity index (χ2n) is 4.77. The predicted octanol–water partition coefficient (Wildman–Crippen LogP) is 1.86. The van der Waals surface area contributed by atoms with E-state index >= 15 is 0 Å². The van der Waals surface area contributed by atoms with Gasteiger partial charge in [-0.2, -0.15) is 0 Å². The Hall–Kier alpha value is -0.0400. The van der Waals surface area contributed by atoms with Crippen molar-refractivity contribution in [3.63, 3.8) is 0 Å². The standard InChI is InChI=1S/C12H25N3O.HI/c1-2-14-11(13)15-10-12(8-9-16)6-4-3-5-7-12;/h16H,2-10H2,1H3,(H3,13,14,15);1H. The number of guanidine groups is 1. The average Bonchev–Trinajstić information content (AvgIpc) is 2.29. The maximum Gasteiger partial charge on any atom is 0.188 e. The predicted molar refractivity (Wildman–Crippen MR) is 82.8 cm³/mol. The van der Waals surface area contributed by atoms with Gasteiger partial charge in [-0.15, -0.1) is 24.0 Å². The normalized spacial score (nSPS) is 19.5. The van der Waals surface area contributed by atoms with Crippen LogP contribution in [0.25, 0.3) is 0 Å². The second-order valence-corrected chi connectivity index (χ2v) is 4.77. The smallest absolute Gasteiger partial charge is 0.188 e. The van der Waals surface area contributed by atoms with Crippen LogP contribution in [0, 0.1) is 5.41 Å². The molecule has 0 saturated heterocycles. The van der Waals surface area contributed by atoms with E-state index in [0.29, 0.717) is 5.96 Å². The molecule has 1 fully saturated rings. The van der Waals surface area contributed by atoms with Crippen molar-refractivity contribution >= 4 is 29.9 Å². The summed E-state index contributed by atoms with van der Waals surface area (Å²) in [5.74, 6) is 0.533. The van der Waals surface area contributed by atoms with E-state index in [1.54, 1.807) is 0 Å². The summed E-state index contributed by atoms with van der Waals surface area (Å²) in [7, 11) is 0. The zero-order chi connectivity index (χ0) is 11.9. The third kappa shape index (κ3) is 5.90. The first-order valence-electron chi connectivity index (χ1n) is 6.37. The Labute approximate surface area is 121 Å². The van der Waals surface area contributed by atoms with Gasteiger partial charge in [-0.05, 0) is 31.6 Å². The van der Waals surface area contributed by atoms with Gasteiger partial charge in [0.1, 0.15) is 0 Å². The molecule has 0 unspecified atom stereocenters. The van der Waals surface area contributed by atoms with Crippen LogP contribution in [0.3, 0.4) is 0 Å². The fourth-order valence-corrected chi connectivity index (χ4v) is 2.52. The summed E-state index contributed by atoms with van der Waals surface area (Å²) in [5.41, 5.74) is 5.93. The lowest BCUT2D eigenvalue weighted by atomic mass is 9.72. The van der Waals surface area contributed by atoms with E-state index in [1.165, 1.54) is 32.1 Å². The van der Waals surface area contributed by atoms with Crippen LogP contribution in [-0.4, -0.2) is 30.8 Å². The van der Waals surface area contributed by atoms with Crippen molar-refractivity contribution in [2.24, 2.45) is 16.1 Å². The van der Waals surface area contributed by atoms with Gasteiger partial charge in [0.25, 0.3) is 0 Å². The summed E-state index contributed by atoms with van der Waals surface area (Å²) >= 11 is 0. The second kappa shape index (κ2) is 8.97. The maximum absolute atomic E-state index is 9.16. The van der Waals surface area contributed by atoms with Gasteiger partial charge in [-0.25, -0.2) is 0 Å². The molecule has 4 N–H and O–H groups in total. The van der Waals surface area contributed by atoms with Crippen LogP contribution in [-0.2, 0) is 0 Å². The number of halogens is 1. The molecule has 0 aliphatic heterocycles. The number of nitrogens with two attached hydrogens (primary N) is 1. The van der Waals surface area contributed by atoms with E-state index in [9.17, 15) is 0 Å². The number of nitrogens with one attached hydrogen (secondary N) is 1. The molecule has 1 aliphatic carbocycles. The molecule has 4 nitrogen and oxygen atoms in total. The maximum atomic E-state index is 9.16. The molecule has 0 aromatic heterocycles. The molecular formula is C12H26IN3O. The summed E-state index contributed by atoms with van der Waals surface area (Å²) in [6, 6.07) is 0. The van der Waals surface area contributed by atoms with Crippen molar-refractivity contribution in [2.45, 2.75) is 45.4 Å². The Morgan fingerprint density at radius 1 is 1.35 bits per heavy atom. The lowest BCUT2D eigenvalue weighted by molar-refractivity contribution is 0.137. The van der Waals surface area contributed by atoms with E-state index in [-0.39, 0.29) is 36.0 Å². The van der Waals surface area contributed by atoms with E-state index in [4.69, 9.17) is 10.8 Å². The van der Waals surface area contributed by atoms with Gasteiger partial charge in [0.05, 0.1) is 0 Å². The first-order valence-corrected chi connectivity index (χ1v) is 6.37.